The predicted octanol–water partition coefficient (Wildman–Crippen LogP) is 1.47. The van der Waals surface area contributed by atoms with Crippen molar-refractivity contribution in [1.29, 1.82) is 0 Å². The molecular formula is C12H23NO3. The van der Waals surface area contributed by atoms with Crippen molar-refractivity contribution < 1.29 is 14.3 Å². The second-order valence-electron chi connectivity index (χ2n) is 5.44. The van der Waals surface area contributed by atoms with Gasteiger partial charge in [-0.05, 0) is 26.7 Å². The molecule has 0 aromatic heterocycles. The van der Waals surface area contributed by atoms with E-state index in [0.717, 1.165) is 12.8 Å². The fourth-order valence-electron chi connectivity index (χ4n) is 2.07. The molecule has 1 aliphatic rings. The first-order chi connectivity index (χ1) is 7.40. The van der Waals surface area contributed by atoms with Crippen LogP contribution in [0.15, 0.2) is 0 Å². The lowest BCUT2D eigenvalue weighted by molar-refractivity contribution is -0.154. The molecule has 0 aliphatic heterocycles. The number of hydrogen-bond donors (Lipinski definition) is 1. The minimum absolute atomic E-state index is 0.174. The summed E-state index contributed by atoms with van der Waals surface area (Å²) < 4.78 is 10.3. The smallest absolute Gasteiger partial charge is 0.313 e. The molecule has 4 nitrogen and oxygen atoms in total. The zero-order chi connectivity index (χ0) is 12.2. The van der Waals surface area contributed by atoms with Crippen molar-refractivity contribution in [2.24, 2.45) is 11.1 Å². The number of carbonyl (C=O) groups is 1. The molecule has 0 aromatic rings. The Morgan fingerprint density at radius 3 is 2.44 bits per heavy atom. The fraction of sp³-hybridized carbons (Fsp3) is 0.917. The van der Waals surface area contributed by atoms with Crippen molar-refractivity contribution in [2.45, 2.75) is 45.1 Å². The third-order valence-electron chi connectivity index (χ3n) is 3.19. The summed E-state index contributed by atoms with van der Waals surface area (Å²) in [4.78, 5) is 11.4. The molecule has 1 saturated carbocycles. The third kappa shape index (κ3) is 3.46. The summed E-state index contributed by atoms with van der Waals surface area (Å²) in [5.41, 5.74) is 5.39. The average molecular weight is 229 g/mol. The van der Waals surface area contributed by atoms with Gasteiger partial charge < -0.3 is 15.2 Å². The number of esters is 1. The monoisotopic (exact) mass is 229 g/mol. The van der Waals surface area contributed by atoms with E-state index < -0.39 is 5.41 Å². The zero-order valence-corrected chi connectivity index (χ0v) is 10.5. The molecule has 16 heavy (non-hydrogen) atoms. The van der Waals surface area contributed by atoms with E-state index in [9.17, 15) is 4.79 Å². The first kappa shape index (κ1) is 13.5. The van der Waals surface area contributed by atoms with Crippen LogP contribution in [0.5, 0.6) is 0 Å². The molecule has 0 aromatic carbocycles. The molecule has 1 rings (SSSR count). The maximum atomic E-state index is 11.4. The minimum atomic E-state index is -0.594. The van der Waals surface area contributed by atoms with Crippen LogP contribution in [0.3, 0.4) is 0 Å². The summed E-state index contributed by atoms with van der Waals surface area (Å²) in [5, 5.41) is 0. The minimum Gasteiger partial charge on any atom is -0.469 e. The van der Waals surface area contributed by atoms with Crippen LogP contribution in [0, 0.1) is 5.41 Å². The van der Waals surface area contributed by atoms with Crippen LogP contribution >= 0.6 is 0 Å². The molecule has 0 unspecified atom stereocenters. The summed E-state index contributed by atoms with van der Waals surface area (Å²) in [7, 11) is 1.39. The van der Waals surface area contributed by atoms with E-state index in [-0.39, 0.29) is 11.5 Å². The van der Waals surface area contributed by atoms with Crippen LogP contribution < -0.4 is 5.73 Å². The van der Waals surface area contributed by atoms with Gasteiger partial charge in [0.05, 0.1) is 25.7 Å². The van der Waals surface area contributed by atoms with Crippen LogP contribution in [-0.2, 0) is 14.3 Å². The van der Waals surface area contributed by atoms with Gasteiger partial charge in [-0.15, -0.1) is 0 Å². The van der Waals surface area contributed by atoms with Crippen LogP contribution in [0.25, 0.3) is 0 Å². The van der Waals surface area contributed by atoms with Crippen molar-refractivity contribution in [1.82, 2.24) is 0 Å². The van der Waals surface area contributed by atoms with E-state index in [0.29, 0.717) is 13.2 Å². The molecule has 0 heterocycles. The van der Waals surface area contributed by atoms with Gasteiger partial charge in [0, 0.05) is 5.54 Å². The van der Waals surface area contributed by atoms with Crippen LogP contribution in [0.4, 0.5) is 0 Å². The molecule has 0 amide bonds. The third-order valence-corrected chi connectivity index (χ3v) is 3.19. The Morgan fingerprint density at radius 2 is 1.94 bits per heavy atom. The lowest BCUT2D eigenvalue weighted by Crippen LogP contribution is -2.43. The summed E-state index contributed by atoms with van der Waals surface area (Å²) in [6, 6.07) is 0. The fourth-order valence-corrected chi connectivity index (χ4v) is 2.07. The highest BCUT2D eigenvalue weighted by Crippen LogP contribution is 2.28. The number of rotatable bonds is 5. The first-order valence-electron chi connectivity index (χ1n) is 5.85. The van der Waals surface area contributed by atoms with Gasteiger partial charge in [-0.2, -0.15) is 0 Å². The summed E-state index contributed by atoms with van der Waals surface area (Å²) in [6.45, 7) is 4.53. The number of methoxy groups -OCH3 is 1. The summed E-state index contributed by atoms with van der Waals surface area (Å²) in [6.07, 6.45) is 4.40. The molecule has 1 aliphatic carbocycles. The van der Waals surface area contributed by atoms with Gasteiger partial charge in [0.25, 0.3) is 0 Å². The van der Waals surface area contributed by atoms with Gasteiger partial charge >= 0.3 is 5.97 Å². The standard InChI is InChI=1S/C12H23NO3/c1-11(2,10(14)15-3)8-16-9-12(13)6-4-5-7-12/h4-9,13H2,1-3H3. The molecule has 0 bridgehead atoms. The van der Waals surface area contributed by atoms with E-state index in [1.807, 2.05) is 13.8 Å². The molecule has 2 N–H and O–H groups in total. The summed E-state index contributed by atoms with van der Waals surface area (Å²) in [5.74, 6) is -0.245. The van der Waals surface area contributed by atoms with Crippen molar-refractivity contribution in [3.8, 4) is 0 Å². The van der Waals surface area contributed by atoms with E-state index >= 15 is 0 Å². The lowest BCUT2D eigenvalue weighted by atomic mass is 9.95. The van der Waals surface area contributed by atoms with E-state index in [1.54, 1.807) is 0 Å². The Balaban J connectivity index is 2.31. The number of nitrogens with two attached hydrogens (primary N) is 1. The largest absolute Gasteiger partial charge is 0.469 e. The van der Waals surface area contributed by atoms with Crippen molar-refractivity contribution >= 4 is 5.97 Å². The van der Waals surface area contributed by atoms with Gasteiger partial charge in [0.2, 0.25) is 0 Å². The van der Waals surface area contributed by atoms with Gasteiger partial charge in [0.15, 0.2) is 0 Å². The first-order valence-corrected chi connectivity index (χ1v) is 5.85. The van der Waals surface area contributed by atoms with Crippen LogP contribution in [0.1, 0.15) is 39.5 Å². The number of hydrogen-bond acceptors (Lipinski definition) is 4. The van der Waals surface area contributed by atoms with Crippen molar-refractivity contribution in [3.63, 3.8) is 0 Å². The summed E-state index contributed by atoms with van der Waals surface area (Å²) >= 11 is 0. The predicted molar refractivity (Wildman–Crippen MR) is 62.0 cm³/mol. The van der Waals surface area contributed by atoms with Crippen LogP contribution in [-0.4, -0.2) is 31.8 Å². The Bertz CT molecular complexity index is 245. The van der Waals surface area contributed by atoms with Crippen molar-refractivity contribution in [3.05, 3.63) is 0 Å². The van der Waals surface area contributed by atoms with Gasteiger partial charge in [-0.1, -0.05) is 12.8 Å². The van der Waals surface area contributed by atoms with E-state index in [4.69, 9.17) is 15.2 Å². The highest BCUT2D eigenvalue weighted by Gasteiger charge is 2.33. The second-order valence-corrected chi connectivity index (χ2v) is 5.44. The molecule has 4 heteroatoms. The Kier molecular flexibility index (Phi) is 4.33. The van der Waals surface area contributed by atoms with Gasteiger partial charge in [0.1, 0.15) is 0 Å². The molecule has 0 radical (unpaired) electrons. The highest BCUT2D eigenvalue weighted by atomic mass is 16.5. The van der Waals surface area contributed by atoms with Gasteiger partial charge in [-0.25, -0.2) is 0 Å². The van der Waals surface area contributed by atoms with Gasteiger partial charge in [-0.3, -0.25) is 4.79 Å². The SMILES string of the molecule is COC(=O)C(C)(C)COCC1(N)CCCC1. The lowest BCUT2D eigenvalue weighted by Gasteiger charge is -2.27. The molecule has 0 spiro atoms. The van der Waals surface area contributed by atoms with Crippen molar-refractivity contribution in [2.75, 3.05) is 20.3 Å². The maximum Gasteiger partial charge on any atom is 0.313 e. The Morgan fingerprint density at radius 1 is 1.38 bits per heavy atom. The topological polar surface area (TPSA) is 61.5 Å². The van der Waals surface area contributed by atoms with E-state index in [1.165, 1.54) is 20.0 Å². The molecule has 1 fully saturated rings. The van der Waals surface area contributed by atoms with E-state index in [2.05, 4.69) is 0 Å². The number of ether oxygens (including phenoxy) is 2. The molecular weight excluding hydrogens is 206 g/mol. The normalized spacial score (nSPS) is 19.8. The molecule has 0 atom stereocenters. The molecule has 94 valence electrons. The number of carbonyl (C=O) groups excluding carboxylic acids is 1. The Hall–Kier alpha value is -0.610. The van der Waals surface area contributed by atoms with Crippen LogP contribution in [0.2, 0.25) is 0 Å². The highest BCUT2D eigenvalue weighted by molar-refractivity contribution is 5.75. The molecule has 0 saturated heterocycles. The average Bonchev–Trinajstić information content (AvgIpc) is 2.63. The maximum absolute atomic E-state index is 11.4. The second kappa shape index (κ2) is 5.15. The zero-order valence-electron chi connectivity index (χ0n) is 10.5. The Labute approximate surface area is 97.5 Å². The quantitative estimate of drug-likeness (QED) is 0.725.